The minimum Gasteiger partial charge on any atom is -0.329 e. The van der Waals surface area contributed by atoms with E-state index in [0.717, 1.165) is 25.6 Å². The zero-order chi connectivity index (χ0) is 11.1. The van der Waals surface area contributed by atoms with Crippen molar-refractivity contribution in [3.63, 3.8) is 0 Å². The van der Waals surface area contributed by atoms with E-state index in [9.17, 15) is 0 Å². The molecule has 2 atom stereocenters. The normalized spacial score (nSPS) is 24.6. The van der Waals surface area contributed by atoms with Crippen LogP contribution >= 0.6 is 0 Å². The van der Waals surface area contributed by atoms with Crippen molar-refractivity contribution in [2.75, 3.05) is 26.2 Å². The van der Waals surface area contributed by atoms with Gasteiger partial charge >= 0.3 is 0 Å². The summed E-state index contributed by atoms with van der Waals surface area (Å²) < 4.78 is 0. The Balaban J connectivity index is 2.26. The molecule has 0 aromatic rings. The second kappa shape index (κ2) is 7.20. The maximum atomic E-state index is 5.62. The molecule has 0 aromatic carbocycles. The molecule has 0 aliphatic carbocycles. The first-order valence-corrected chi connectivity index (χ1v) is 6.47. The van der Waals surface area contributed by atoms with E-state index in [4.69, 9.17) is 5.73 Å². The Kier molecular flexibility index (Phi) is 6.22. The molecule has 3 heteroatoms. The summed E-state index contributed by atoms with van der Waals surface area (Å²) in [4.78, 5) is 2.50. The van der Waals surface area contributed by atoms with Gasteiger partial charge in [0.15, 0.2) is 0 Å². The van der Waals surface area contributed by atoms with Crippen LogP contribution in [0.1, 0.15) is 39.5 Å². The summed E-state index contributed by atoms with van der Waals surface area (Å²) in [5, 5.41) is 3.59. The SMILES string of the molecule is CCCCCC(C)C1NCCN1CCN. The highest BCUT2D eigenvalue weighted by atomic mass is 15.3. The Morgan fingerprint density at radius 2 is 2.27 bits per heavy atom. The minimum atomic E-state index is 0.574. The van der Waals surface area contributed by atoms with E-state index in [2.05, 4.69) is 24.1 Å². The lowest BCUT2D eigenvalue weighted by atomic mass is 10.00. The third-order valence-electron chi connectivity index (χ3n) is 3.36. The van der Waals surface area contributed by atoms with Crippen molar-refractivity contribution in [1.29, 1.82) is 0 Å². The quantitative estimate of drug-likeness (QED) is 0.628. The molecule has 0 amide bonds. The molecule has 0 radical (unpaired) electrons. The largest absolute Gasteiger partial charge is 0.329 e. The third-order valence-corrected chi connectivity index (χ3v) is 3.36. The first kappa shape index (κ1) is 12.9. The van der Waals surface area contributed by atoms with Crippen molar-refractivity contribution < 1.29 is 0 Å². The molecule has 1 heterocycles. The van der Waals surface area contributed by atoms with Crippen LogP contribution in [-0.4, -0.2) is 37.2 Å². The molecule has 3 N–H and O–H groups in total. The minimum absolute atomic E-state index is 0.574. The molecule has 2 unspecified atom stereocenters. The molecule has 90 valence electrons. The van der Waals surface area contributed by atoms with E-state index in [1.165, 1.54) is 32.2 Å². The summed E-state index contributed by atoms with van der Waals surface area (Å²) in [6.07, 6.45) is 5.97. The molecule has 1 aliphatic heterocycles. The summed E-state index contributed by atoms with van der Waals surface area (Å²) in [5.41, 5.74) is 5.62. The van der Waals surface area contributed by atoms with Gasteiger partial charge in [-0.15, -0.1) is 0 Å². The Hall–Kier alpha value is -0.120. The van der Waals surface area contributed by atoms with Crippen LogP contribution in [0.15, 0.2) is 0 Å². The van der Waals surface area contributed by atoms with Crippen molar-refractivity contribution in [2.45, 2.75) is 45.7 Å². The van der Waals surface area contributed by atoms with E-state index in [1.54, 1.807) is 0 Å². The number of hydrogen-bond donors (Lipinski definition) is 2. The van der Waals surface area contributed by atoms with Gasteiger partial charge in [0.25, 0.3) is 0 Å². The molecule has 1 fully saturated rings. The van der Waals surface area contributed by atoms with E-state index < -0.39 is 0 Å². The molecule has 0 spiro atoms. The van der Waals surface area contributed by atoms with Gasteiger partial charge in [-0.25, -0.2) is 0 Å². The summed E-state index contributed by atoms with van der Waals surface area (Å²) in [7, 11) is 0. The van der Waals surface area contributed by atoms with E-state index in [1.807, 2.05) is 0 Å². The van der Waals surface area contributed by atoms with Gasteiger partial charge < -0.3 is 11.1 Å². The number of nitrogens with one attached hydrogen (secondary N) is 1. The first-order chi connectivity index (χ1) is 7.29. The topological polar surface area (TPSA) is 41.3 Å². The second-order valence-electron chi connectivity index (χ2n) is 4.70. The van der Waals surface area contributed by atoms with Crippen LogP contribution in [-0.2, 0) is 0 Å². The van der Waals surface area contributed by atoms with Crippen LogP contribution < -0.4 is 11.1 Å². The van der Waals surface area contributed by atoms with Crippen LogP contribution in [0.4, 0.5) is 0 Å². The molecule has 1 rings (SSSR count). The summed E-state index contributed by atoms with van der Waals surface area (Å²) in [6.45, 7) is 8.74. The Labute approximate surface area is 94.4 Å². The highest BCUT2D eigenvalue weighted by Crippen LogP contribution is 2.18. The van der Waals surface area contributed by atoms with Crippen molar-refractivity contribution in [2.24, 2.45) is 11.7 Å². The van der Waals surface area contributed by atoms with Crippen LogP contribution in [0.2, 0.25) is 0 Å². The molecule has 3 nitrogen and oxygen atoms in total. The molecule has 1 aliphatic rings. The number of unbranched alkanes of at least 4 members (excludes halogenated alkanes) is 2. The summed E-state index contributed by atoms with van der Waals surface area (Å²) in [6, 6.07) is 0. The molecular formula is C12H27N3. The lowest BCUT2D eigenvalue weighted by Crippen LogP contribution is -2.43. The van der Waals surface area contributed by atoms with Gasteiger partial charge in [-0.05, 0) is 12.3 Å². The summed E-state index contributed by atoms with van der Waals surface area (Å²) in [5.74, 6) is 0.755. The third kappa shape index (κ3) is 4.09. The maximum Gasteiger partial charge on any atom is 0.0624 e. The molecule has 0 bridgehead atoms. The van der Waals surface area contributed by atoms with Crippen molar-refractivity contribution in [3.8, 4) is 0 Å². The Morgan fingerprint density at radius 3 is 2.93 bits per heavy atom. The fraction of sp³-hybridized carbons (Fsp3) is 1.00. The number of rotatable bonds is 7. The van der Waals surface area contributed by atoms with E-state index in [-0.39, 0.29) is 0 Å². The Bertz CT molecular complexity index is 161. The van der Waals surface area contributed by atoms with E-state index in [0.29, 0.717) is 6.17 Å². The lowest BCUT2D eigenvalue weighted by Gasteiger charge is -2.28. The second-order valence-corrected chi connectivity index (χ2v) is 4.70. The van der Waals surface area contributed by atoms with Crippen molar-refractivity contribution >= 4 is 0 Å². The average Bonchev–Trinajstić information content (AvgIpc) is 2.67. The number of nitrogens with zero attached hydrogens (tertiary/aromatic N) is 1. The highest BCUT2D eigenvalue weighted by Gasteiger charge is 2.27. The van der Waals surface area contributed by atoms with Crippen LogP contribution in [0.25, 0.3) is 0 Å². The van der Waals surface area contributed by atoms with Gasteiger partial charge in [0, 0.05) is 26.2 Å². The standard InChI is InChI=1S/C12H27N3/c1-3-4-5-6-11(2)12-14-8-10-15(12)9-7-13/h11-12,14H,3-10,13H2,1-2H3. The molecular weight excluding hydrogens is 186 g/mol. The Morgan fingerprint density at radius 1 is 1.47 bits per heavy atom. The smallest absolute Gasteiger partial charge is 0.0624 e. The van der Waals surface area contributed by atoms with Gasteiger partial charge in [-0.1, -0.05) is 33.1 Å². The molecule has 15 heavy (non-hydrogen) atoms. The molecule has 1 saturated heterocycles. The maximum absolute atomic E-state index is 5.62. The van der Waals surface area contributed by atoms with Gasteiger partial charge in [0.05, 0.1) is 6.17 Å². The van der Waals surface area contributed by atoms with Crippen LogP contribution in [0.3, 0.4) is 0 Å². The molecule has 0 saturated carbocycles. The number of hydrogen-bond acceptors (Lipinski definition) is 3. The predicted molar refractivity (Wildman–Crippen MR) is 65.7 cm³/mol. The van der Waals surface area contributed by atoms with Crippen molar-refractivity contribution in [3.05, 3.63) is 0 Å². The van der Waals surface area contributed by atoms with Crippen molar-refractivity contribution in [1.82, 2.24) is 10.2 Å². The predicted octanol–water partition coefficient (Wildman–Crippen LogP) is 1.39. The fourth-order valence-corrected chi connectivity index (χ4v) is 2.48. The van der Waals surface area contributed by atoms with Crippen LogP contribution in [0, 0.1) is 5.92 Å². The van der Waals surface area contributed by atoms with Gasteiger partial charge in [0.1, 0.15) is 0 Å². The zero-order valence-corrected chi connectivity index (χ0v) is 10.3. The summed E-state index contributed by atoms with van der Waals surface area (Å²) >= 11 is 0. The highest BCUT2D eigenvalue weighted by molar-refractivity contribution is 4.81. The van der Waals surface area contributed by atoms with E-state index >= 15 is 0 Å². The fourth-order valence-electron chi connectivity index (χ4n) is 2.48. The van der Waals surface area contributed by atoms with Crippen LogP contribution in [0.5, 0.6) is 0 Å². The molecule has 0 aromatic heterocycles. The number of nitrogens with two attached hydrogens (primary N) is 1. The van der Waals surface area contributed by atoms with Gasteiger partial charge in [-0.3, -0.25) is 4.90 Å². The van der Waals surface area contributed by atoms with Gasteiger partial charge in [0.2, 0.25) is 0 Å². The average molecular weight is 213 g/mol. The van der Waals surface area contributed by atoms with Gasteiger partial charge in [-0.2, -0.15) is 0 Å². The lowest BCUT2D eigenvalue weighted by molar-refractivity contribution is 0.179. The monoisotopic (exact) mass is 213 g/mol. The first-order valence-electron chi connectivity index (χ1n) is 6.47. The zero-order valence-electron chi connectivity index (χ0n) is 10.3.